The van der Waals surface area contributed by atoms with Crippen LogP contribution in [0.25, 0.3) is 10.9 Å². The first-order chi connectivity index (χ1) is 19.7. The lowest BCUT2D eigenvalue weighted by Crippen LogP contribution is -2.43. The highest BCUT2D eigenvalue weighted by molar-refractivity contribution is 6.30. The SMILES string of the molecule is CC(=O)N[C@@H](Cc1ccccc1)C(=O)OC(Cc1cc2ccccc2nc1Cl)c1cc(C(C)(C)C)cc(C(C)(C)C)c1. The van der Waals surface area contributed by atoms with Gasteiger partial charge < -0.3 is 10.1 Å². The van der Waals surface area contributed by atoms with Crippen LogP contribution in [0, 0.1) is 0 Å². The number of esters is 1. The highest BCUT2D eigenvalue weighted by Crippen LogP contribution is 2.35. The van der Waals surface area contributed by atoms with E-state index in [0.717, 1.165) is 38.7 Å². The molecule has 4 aromatic rings. The standard InChI is InChI=1S/C36H41ClN2O3/c1-23(40)38-31(17-24-13-9-8-10-14-24)34(41)42-32(21-27-18-25-15-11-12-16-30(25)39-33(27)37)26-19-28(35(2,3)4)22-29(20-26)36(5,6)7/h8-16,18-20,22,31-32H,17,21H2,1-7H3,(H,38,40)/t31-,32?/m0/s1. The molecule has 1 aromatic heterocycles. The van der Waals surface area contributed by atoms with Crippen LogP contribution in [0.3, 0.4) is 0 Å². The normalized spacial score (nSPS) is 13.4. The molecule has 2 atom stereocenters. The average molecular weight is 585 g/mol. The number of halogens is 1. The maximum atomic E-state index is 13.8. The Bertz CT molecular complexity index is 1540. The Morgan fingerprint density at radius 3 is 2.02 bits per heavy atom. The Hall–Kier alpha value is -3.70. The number of hydrogen-bond donors (Lipinski definition) is 1. The summed E-state index contributed by atoms with van der Waals surface area (Å²) >= 11 is 6.71. The van der Waals surface area contributed by atoms with Crippen LogP contribution in [-0.2, 0) is 38.0 Å². The van der Waals surface area contributed by atoms with Crippen molar-refractivity contribution in [2.45, 2.75) is 84.3 Å². The fraction of sp³-hybridized carbons (Fsp3) is 0.361. The minimum absolute atomic E-state index is 0.126. The molecule has 5 nitrogen and oxygen atoms in total. The summed E-state index contributed by atoms with van der Waals surface area (Å²) in [5, 5.41) is 4.14. The number of pyridine rings is 1. The Morgan fingerprint density at radius 2 is 1.43 bits per heavy atom. The largest absolute Gasteiger partial charge is 0.456 e. The number of carbonyl (C=O) groups excluding carboxylic acids is 2. The van der Waals surface area contributed by atoms with E-state index < -0.39 is 18.1 Å². The van der Waals surface area contributed by atoms with Crippen LogP contribution in [0.5, 0.6) is 0 Å². The molecule has 0 fully saturated rings. The number of para-hydroxylation sites is 1. The van der Waals surface area contributed by atoms with Crippen LogP contribution in [0.2, 0.25) is 5.15 Å². The lowest BCUT2D eigenvalue weighted by molar-refractivity contribution is -0.153. The van der Waals surface area contributed by atoms with E-state index in [0.29, 0.717) is 18.0 Å². The Morgan fingerprint density at radius 1 is 0.833 bits per heavy atom. The molecule has 0 radical (unpaired) electrons. The van der Waals surface area contributed by atoms with E-state index in [9.17, 15) is 9.59 Å². The van der Waals surface area contributed by atoms with Crippen molar-refractivity contribution in [1.82, 2.24) is 10.3 Å². The number of nitrogens with one attached hydrogen (secondary N) is 1. The van der Waals surface area contributed by atoms with Crippen molar-refractivity contribution in [1.29, 1.82) is 0 Å². The number of hydrogen-bond acceptors (Lipinski definition) is 4. The number of rotatable bonds is 8. The maximum Gasteiger partial charge on any atom is 0.329 e. The predicted molar refractivity (Wildman–Crippen MR) is 171 cm³/mol. The summed E-state index contributed by atoms with van der Waals surface area (Å²) in [7, 11) is 0. The van der Waals surface area contributed by atoms with Gasteiger partial charge in [0.1, 0.15) is 17.3 Å². The van der Waals surface area contributed by atoms with Crippen LogP contribution in [0.4, 0.5) is 0 Å². The molecule has 1 unspecified atom stereocenters. The van der Waals surface area contributed by atoms with E-state index in [-0.39, 0.29) is 16.7 Å². The van der Waals surface area contributed by atoms with Crippen LogP contribution in [0.15, 0.2) is 78.9 Å². The second-order valence-electron chi connectivity index (χ2n) is 13.0. The quantitative estimate of drug-likeness (QED) is 0.168. The summed E-state index contributed by atoms with van der Waals surface area (Å²) in [5.74, 6) is -0.793. The lowest BCUT2D eigenvalue weighted by Gasteiger charge is -2.29. The molecular weight excluding hydrogens is 544 g/mol. The van der Waals surface area contributed by atoms with Gasteiger partial charge in [0.2, 0.25) is 5.91 Å². The first kappa shape index (κ1) is 31.2. The third-order valence-corrected chi connectivity index (χ3v) is 7.74. The predicted octanol–water partition coefficient (Wildman–Crippen LogP) is 8.06. The van der Waals surface area contributed by atoms with Gasteiger partial charge in [-0.05, 0) is 50.8 Å². The minimum Gasteiger partial charge on any atom is -0.456 e. The van der Waals surface area contributed by atoms with Gasteiger partial charge in [-0.25, -0.2) is 9.78 Å². The van der Waals surface area contributed by atoms with Crippen molar-refractivity contribution in [3.8, 4) is 0 Å². The zero-order chi connectivity index (χ0) is 30.7. The van der Waals surface area contributed by atoms with E-state index in [2.05, 4.69) is 70.0 Å². The molecule has 42 heavy (non-hydrogen) atoms. The number of nitrogens with zero attached hydrogens (tertiary/aromatic N) is 1. The third kappa shape index (κ3) is 7.98. The molecule has 1 N–H and O–H groups in total. The summed E-state index contributed by atoms with van der Waals surface area (Å²) in [5.41, 5.74) is 5.44. The number of amides is 1. The molecule has 0 aliphatic rings. The van der Waals surface area contributed by atoms with Gasteiger partial charge in [-0.1, -0.05) is 120 Å². The van der Waals surface area contributed by atoms with Gasteiger partial charge in [-0.15, -0.1) is 0 Å². The van der Waals surface area contributed by atoms with Gasteiger partial charge >= 0.3 is 5.97 Å². The van der Waals surface area contributed by atoms with Gasteiger partial charge in [-0.3, -0.25) is 4.79 Å². The molecule has 3 aromatic carbocycles. The van der Waals surface area contributed by atoms with Gasteiger partial charge in [0, 0.05) is 25.2 Å². The number of carbonyl (C=O) groups is 2. The van der Waals surface area contributed by atoms with Crippen molar-refractivity contribution in [2.75, 3.05) is 0 Å². The maximum absolute atomic E-state index is 13.8. The highest BCUT2D eigenvalue weighted by atomic mass is 35.5. The van der Waals surface area contributed by atoms with Crippen molar-refractivity contribution >= 4 is 34.4 Å². The van der Waals surface area contributed by atoms with E-state index in [1.807, 2.05) is 60.7 Å². The third-order valence-electron chi connectivity index (χ3n) is 7.42. The smallest absolute Gasteiger partial charge is 0.329 e. The van der Waals surface area contributed by atoms with Crippen molar-refractivity contribution in [2.24, 2.45) is 0 Å². The van der Waals surface area contributed by atoms with Gasteiger partial charge in [0.15, 0.2) is 0 Å². The van der Waals surface area contributed by atoms with Gasteiger partial charge in [0.05, 0.1) is 5.52 Å². The summed E-state index contributed by atoms with van der Waals surface area (Å²) in [6.45, 7) is 14.5. The number of ether oxygens (including phenoxy) is 1. The molecule has 6 heteroatoms. The fourth-order valence-corrected chi connectivity index (χ4v) is 5.14. The highest BCUT2D eigenvalue weighted by Gasteiger charge is 2.29. The molecule has 0 saturated carbocycles. The van der Waals surface area contributed by atoms with Crippen LogP contribution in [0.1, 0.15) is 82.4 Å². The van der Waals surface area contributed by atoms with Gasteiger partial charge in [0.25, 0.3) is 0 Å². The van der Waals surface area contributed by atoms with E-state index in [1.54, 1.807) is 0 Å². The lowest BCUT2D eigenvalue weighted by atomic mass is 9.78. The summed E-state index contributed by atoms with van der Waals surface area (Å²) < 4.78 is 6.34. The summed E-state index contributed by atoms with van der Waals surface area (Å²) in [6, 6.07) is 25.1. The van der Waals surface area contributed by atoms with E-state index >= 15 is 0 Å². The Balaban J connectivity index is 1.79. The number of fused-ring (bicyclic) bond motifs is 1. The van der Waals surface area contributed by atoms with E-state index in [4.69, 9.17) is 16.3 Å². The zero-order valence-corrected chi connectivity index (χ0v) is 26.4. The summed E-state index contributed by atoms with van der Waals surface area (Å²) in [4.78, 5) is 30.6. The van der Waals surface area contributed by atoms with Crippen LogP contribution < -0.4 is 5.32 Å². The Labute approximate surface area is 254 Å². The minimum atomic E-state index is -0.842. The molecule has 220 valence electrons. The number of aromatic nitrogens is 1. The second kappa shape index (κ2) is 12.7. The first-order valence-electron chi connectivity index (χ1n) is 14.4. The van der Waals surface area contributed by atoms with Crippen molar-refractivity contribution in [3.63, 3.8) is 0 Å². The summed E-state index contributed by atoms with van der Waals surface area (Å²) in [6.07, 6.45) is -0.00885. The average Bonchev–Trinajstić information content (AvgIpc) is 2.91. The molecular formula is C36H41ClN2O3. The molecule has 0 spiro atoms. The van der Waals surface area contributed by atoms with Crippen LogP contribution >= 0.6 is 11.6 Å². The molecule has 0 saturated heterocycles. The molecule has 0 aliphatic heterocycles. The van der Waals surface area contributed by atoms with Crippen molar-refractivity contribution < 1.29 is 14.3 Å². The molecule has 0 aliphatic carbocycles. The molecule has 1 heterocycles. The molecule has 0 bridgehead atoms. The topological polar surface area (TPSA) is 68.3 Å². The van der Waals surface area contributed by atoms with Crippen LogP contribution in [-0.4, -0.2) is 22.9 Å². The van der Waals surface area contributed by atoms with E-state index in [1.165, 1.54) is 6.92 Å². The molecule has 4 rings (SSSR count). The first-order valence-corrected chi connectivity index (χ1v) is 14.8. The zero-order valence-electron chi connectivity index (χ0n) is 25.6. The monoisotopic (exact) mass is 584 g/mol. The fourth-order valence-electron chi connectivity index (χ4n) is 4.92. The van der Waals surface area contributed by atoms with Gasteiger partial charge in [-0.2, -0.15) is 0 Å². The Kier molecular flexibility index (Phi) is 9.42. The molecule has 1 amide bonds. The number of benzene rings is 3. The van der Waals surface area contributed by atoms with Crippen molar-refractivity contribution in [3.05, 3.63) is 112 Å². The second-order valence-corrected chi connectivity index (χ2v) is 13.4.